The Bertz CT molecular complexity index is 1130. The van der Waals surface area contributed by atoms with Crippen LogP contribution in [-0.4, -0.2) is 30.1 Å². The second-order valence-corrected chi connectivity index (χ2v) is 9.81. The summed E-state index contributed by atoms with van der Waals surface area (Å²) < 4.78 is 34.9. The van der Waals surface area contributed by atoms with E-state index in [0.29, 0.717) is 5.56 Å². The molecule has 0 saturated carbocycles. The molecule has 0 aliphatic carbocycles. The fraction of sp³-hybridized carbons (Fsp3) is 0.280. The highest BCUT2D eigenvalue weighted by molar-refractivity contribution is 7.53. The smallest absolute Gasteiger partial charge is 0.368 e. The van der Waals surface area contributed by atoms with Crippen LogP contribution in [0.25, 0.3) is 0 Å². The predicted molar refractivity (Wildman–Crippen MR) is 124 cm³/mol. The van der Waals surface area contributed by atoms with Gasteiger partial charge < -0.3 is 18.2 Å². The van der Waals surface area contributed by atoms with Crippen molar-refractivity contribution in [3.8, 4) is 5.75 Å². The van der Waals surface area contributed by atoms with Crippen molar-refractivity contribution < 1.29 is 32.4 Å². The van der Waals surface area contributed by atoms with E-state index >= 15 is 0 Å². The topological polar surface area (TPSA) is 92.0 Å². The van der Waals surface area contributed by atoms with Gasteiger partial charge in [-0.05, 0) is 27.7 Å². The normalized spacial score (nSPS) is 11.7. The molecule has 1 heterocycles. The number of furan rings is 1. The first-order valence-corrected chi connectivity index (χ1v) is 12.3. The summed E-state index contributed by atoms with van der Waals surface area (Å²) in [4.78, 5) is 26.4. The lowest BCUT2D eigenvalue weighted by atomic mass is 9.94. The summed E-state index contributed by atoms with van der Waals surface area (Å²) in [6.07, 6.45) is 1.38. The summed E-state index contributed by atoms with van der Waals surface area (Å²) in [5, 5.41) is 0. The number of ketones is 2. The van der Waals surface area contributed by atoms with E-state index in [1.54, 1.807) is 76.2 Å². The molecule has 0 fully saturated rings. The lowest BCUT2D eigenvalue weighted by molar-refractivity contribution is 0.100. The number of ether oxygens (including phenoxy) is 1. The van der Waals surface area contributed by atoms with Gasteiger partial charge in [0.1, 0.15) is 18.1 Å². The molecule has 0 spiro atoms. The van der Waals surface area contributed by atoms with Crippen LogP contribution >= 0.6 is 7.60 Å². The van der Waals surface area contributed by atoms with Gasteiger partial charge in [-0.2, -0.15) is 0 Å². The highest BCUT2D eigenvalue weighted by Gasteiger charge is 2.30. The summed E-state index contributed by atoms with van der Waals surface area (Å²) in [6, 6.07) is 15.3. The standard InChI is InChI=1S/C25H27O7P/c1-17(2)31-33(28,32-18(3)4)16-30-23-15-29-14-22(23)25(27)21-13-9-8-12-20(21)24(26)19-10-6-5-7-11-19/h5-15,17-18H,16H2,1-4H3. The Morgan fingerprint density at radius 1 is 0.788 bits per heavy atom. The largest absolute Gasteiger partial charge is 0.477 e. The molecule has 2 aromatic carbocycles. The summed E-state index contributed by atoms with van der Waals surface area (Å²) in [5.74, 6) is -0.643. The average molecular weight is 470 g/mol. The molecule has 0 aliphatic rings. The number of benzene rings is 2. The molecule has 0 atom stereocenters. The quantitative estimate of drug-likeness (QED) is 0.246. The van der Waals surface area contributed by atoms with Crippen molar-refractivity contribution >= 4 is 19.2 Å². The molecule has 7 nitrogen and oxygen atoms in total. The summed E-state index contributed by atoms with van der Waals surface area (Å²) in [6.45, 7) is 6.96. The zero-order valence-electron chi connectivity index (χ0n) is 19.0. The summed E-state index contributed by atoms with van der Waals surface area (Å²) in [7, 11) is -3.59. The maximum Gasteiger partial charge on any atom is 0.368 e. The van der Waals surface area contributed by atoms with Gasteiger partial charge in [-0.15, -0.1) is 0 Å². The van der Waals surface area contributed by atoms with Crippen molar-refractivity contribution in [2.45, 2.75) is 39.9 Å². The SMILES string of the molecule is CC(C)OP(=O)(COc1cocc1C(=O)c1ccccc1C(=O)c1ccccc1)OC(C)C. The number of hydrogen-bond acceptors (Lipinski definition) is 7. The van der Waals surface area contributed by atoms with E-state index < -0.39 is 19.7 Å². The Kier molecular flexibility index (Phi) is 8.03. The Morgan fingerprint density at radius 3 is 1.91 bits per heavy atom. The highest BCUT2D eigenvalue weighted by atomic mass is 31.2. The van der Waals surface area contributed by atoms with Crippen molar-refractivity contribution in [2.24, 2.45) is 0 Å². The van der Waals surface area contributed by atoms with Crippen LogP contribution in [0.3, 0.4) is 0 Å². The molecule has 3 rings (SSSR count). The molecule has 33 heavy (non-hydrogen) atoms. The van der Waals surface area contributed by atoms with Crippen LogP contribution in [0.5, 0.6) is 5.75 Å². The third-order valence-corrected chi connectivity index (χ3v) is 6.38. The fourth-order valence-corrected chi connectivity index (χ4v) is 4.96. The average Bonchev–Trinajstić information content (AvgIpc) is 3.25. The fourth-order valence-electron chi connectivity index (χ4n) is 3.21. The first-order chi connectivity index (χ1) is 15.7. The van der Waals surface area contributed by atoms with Crippen LogP contribution < -0.4 is 4.74 Å². The number of carbonyl (C=O) groups excluding carboxylic acids is 2. The molecule has 0 aliphatic heterocycles. The van der Waals surface area contributed by atoms with Gasteiger partial charge in [-0.1, -0.05) is 54.6 Å². The van der Waals surface area contributed by atoms with E-state index in [0.717, 1.165) is 0 Å². The van der Waals surface area contributed by atoms with E-state index in [-0.39, 0.29) is 40.4 Å². The first-order valence-electron chi connectivity index (χ1n) is 10.6. The Labute approximate surface area is 193 Å². The van der Waals surface area contributed by atoms with Crippen LogP contribution in [0.15, 0.2) is 71.5 Å². The van der Waals surface area contributed by atoms with Gasteiger partial charge in [0.15, 0.2) is 17.9 Å². The van der Waals surface area contributed by atoms with E-state index in [9.17, 15) is 14.2 Å². The van der Waals surface area contributed by atoms with Gasteiger partial charge in [-0.3, -0.25) is 14.2 Å². The lowest BCUT2D eigenvalue weighted by Gasteiger charge is -2.22. The van der Waals surface area contributed by atoms with E-state index in [1.165, 1.54) is 12.5 Å². The third-order valence-electron chi connectivity index (χ3n) is 4.44. The second kappa shape index (κ2) is 10.8. The maximum atomic E-state index is 13.3. The summed E-state index contributed by atoms with van der Waals surface area (Å²) in [5.41, 5.74) is 1.04. The maximum absolute atomic E-state index is 13.3. The highest BCUT2D eigenvalue weighted by Crippen LogP contribution is 2.50. The molecule has 0 bridgehead atoms. The minimum absolute atomic E-state index is 0.0851. The monoisotopic (exact) mass is 470 g/mol. The van der Waals surface area contributed by atoms with Gasteiger partial charge in [0.25, 0.3) is 0 Å². The molecular formula is C25H27O7P. The molecule has 0 amide bonds. The van der Waals surface area contributed by atoms with Gasteiger partial charge in [-0.25, -0.2) is 0 Å². The van der Waals surface area contributed by atoms with Gasteiger partial charge in [0, 0.05) is 16.7 Å². The number of rotatable bonds is 11. The summed E-state index contributed by atoms with van der Waals surface area (Å²) >= 11 is 0. The van der Waals surface area contributed by atoms with Crippen LogP contribution in [0.1, 0.15) is 59.5 Å². The van der Waals surface area contributed by atoms with E-state index in [2.05, 4.69) is 0 Å². The van der Waals surface area contributed by atoms with E-state index in [4.69, 9.17) is 18.2 Å². The van der Waals surface area contributed by atoms with Crippen molar-refractivity contribution in [3.05, 3.63) is 89.4 Å². The third kappa shape index (κ3) is 6.29. The molecule has 8 heteroatoms. The van der Waals surface area contributed by atoms with Crippen LogP contribution in [-0.2, 0) is 13.6 Å². The minimum atomic E-state index is -3.59. The van der Waals surface area contributed by atoms with Gasteiger partial charge >= 0.3 is 7.60 Å². The molecular weight excluding hydrogens is 443 g/mol. The predicted octanol–water partition coefficient (Wildman–Crippen LogP) is 6.12. The Morgan fingerprint density at radius 2 is 1.33 bits per heavy atom. The Hall–Kier alpha value is -2.99. The first kappa shape index (κ1) is 24.6. The van der Waals surface area contributed by atoms with Crippen molar-refractivity contribution in [2.75, 3.05) is 6.35 Å². The van der Waals surface area contributed by atoms with Crippen LogP contribution in [0.2, 0.25) is 0 Å². The molecule has 0 unspecified atom stereocenters. The van der Waals surface area contributed by atoms with Crippen molar-refractivity contribution in [1.29, 1.82) is 0 Å². The Balaban J connectivity index is 1.86. The zero-order chi connectivity index (χ0) is 24.0. The van der Waals surface area contributed by atoms with Crippen molar-refractivity contribution in [1.82, 2.24) is 0 Å². The molecule has 0 radical (unpaired) electrons. The molecule has 174 valence electrons. The van der Waals surface area contributed by atoms with Crippen LogP contribution in [0, 0.1) is 0 Å². The number of hydrogen-bond donors (Lipinski definition) is 0. The van der Waals surface area contributed by atoms with E-state index in [1.807, 2.05) is 6.07 Å². The second-order valence-electron chi connectivity index (χ2n) is 7.91. The van der Waals surface area contributed by atoms with Gasteiger partial charge in [0.2, 0.25) is 5.78 Å². The molecule has 3 aromatic rings. The molecule has 0 saturated heterocycles. The molecule has 1 aromatic heterocycles. The van der Waals surface area contributed by atoms with Crippen LogP contribution in [0.4, 0.5) is 0 Å². The molecule has 0 N–H and O–H groups in total. The van der Waals surface area contributed by atoms with Gasteiger partial charge in [0.05, 0.1) is 12.2 Å². The lowest BCUT2D eigenvalue weighted by Crippen LogP contribution is -2.14. The zero-order valence-corrected chi connectivity index (χ0v) is 19.9. The number of carbonyl (C=O) groups is 2. The van der Waals surface area contributed by atoms with Crippen molar-refractivity contribution in [3.63, 3.8) is 0 Å². The minimum Gasteiger partial charge on any atom is -0.477 e.